The van der Waals surface area contributed by atoms with Crippen LogP contribution in [0.2, 0.25) is 0 Å². The first-order chi connectivity index (χ1) is 13.3. The number of hydrogen-bond donors (Lipinski definition) is 0. The predicted octanol–water partition coefficient (Wildman–Crippen LogP) is 4.95. The first-order valence-electron chi connectivity index (χ1n) is 8.64. The van der Waals surface area contributed by atoms with Crippen LogP contribution in [0.3, 0.4) is 0 Å². The second kappa shape index (κ2) is 6.94. The molecule has 0 bridgehead atoms. The average molecular weight is 403 g/mol. The molecular weight excluding hydrogens is 387 g/mol. The van der Waals surface area contributed by atoms with E-state index in [4.69, 9.17) is 0 Å². The van der Waals surface area contributed by atoms with Gasteiger partial charge in [-0.2, -0.15) is 18.2 Å². The van der Waals surface area contributed by atoms with Crippen molar-refractivity contribution in [3.05, 3.63) is 75.5 Å². The molecule has 0 unspecified atom stereocenters. The number of benzene rings is 2. The smallest absolute Gasteiger partial charge is 0.292 e. The molecule has 0 saturated heterocycles. The number of alkyl halides is 3. The number of amides is 2. The van der Waals surface area contributed by atoms with Gasteiger partial charge in [0.25, 0.3) is 0 Å². The fraction of sp³-hybridized carbons (Fsp3) is 0.200. The van der Waals surface area contributed by atoms with Crippen LogP contribution in [0.5, 0.6) is 0 Å². The van der Waals surface area contributed by atoms with Gasteiger partial charge in [-0.05, 0) is 49.2 Å². The Morgan fingerprint density at radius 2 is 1.82 bits per heavy atom. The number of carbonyl (C=O) groups is 1. The van der Waals surface area contributed by atoms with E-state index in [-0.39, 0.29) is 6.03 Å². The maximum Gasteiger partial charge on any atom is 0.416 e. The van der Waals surface area contributed by atoms with Crippen molar-refractivity contribution in [1.82, 2.24) is 4.57 Å². The first kappa shape index (κ1) is 18.5. The summed E-state index contributed by atoms with van der Waals surface area (Å²) in [6, 6.07) is 12.1. The summed E-state index contributed by atoms with van der Waals surface area (Å²) in [6.07, 6.45) is -1.85. The Bertz CT molecular complexity index is 1100. The Balaban J connectivity index is 1.69. The number of aromatic nitrogens is 1. The molecule has 2 amide bonds. The van der Waals surface area contributed by atoms with Crippen molar-refractivity contribution < 1.29 is 18.0 Å². The van der Waals surface area contributed by atoms with Crippen molar-refractivity contribution in [2.24, 2.45) is 4.99 Å². The number of anilines is 1. The summed E-state index contributed by atoms with van der Waals surface area (Å²) in [5.74, 6) is 0. The lowest BCUT2D eigenvalue weighted by atomic mass is 10.2. The van der Waals surface area contributed by atoms with Crippen molar-refractivity contribution in [2.45, 2.75) is 19.5 Å². The van der Waals surface area contributed by atoms with Crippen molar-refractivity contribution >= 4 is 23.1 Å². The summed E-state index contributed by atoms with van der Waals surface area (Å²) in [6.45, 7) is 2.42. The first-order valence-corrected chi connectivity index (χ1v) is 9.45. The van der Waals surface area contributed by atoms with Gasteiger partial charge in [-0.3, -0.25) is 9.47 Å². The molecule has 0 aliphatic carbocycles. The zero-order chi connectivity index (χ0) is 19.9. The van der Waals surface area contributed by atoms with Crippen LogP contribution in [0.1, 0.15) is 16.0 Å². The van der Waals surface area contributed by atoms with E-state index in [1.807, 2.05) is 31.2 Å². The highest BCUT2D eigenvalue weighted by atomic mass is 32.1. The van der Waals surface area contributed by atoms with Gasteiger partial charge < -0.3 is 0 Å². The molecular formula is C20H16F3N3OS. The van der Waals surface area contributed by atoms with E-state index in [1.54, 1.807) is 15.7 Å². The summed E-state index contributed by atoms with van der Waals surface area (Å²) < 4.78 is 40.0. The van der Waals surface area contributed by atoms with Gasteiger partial charge in [0, 0.05) is 29.0 Å². The van der Waals surface area contributed by atoms with E-state index in [2.05, 4.69) is 4.99 Å². The largest absolute Gasteiger partial charge is 0.416 e. The maximum absolute atomic E-state index is 12.8. The molecule has 0 fully saturated rings. The van der Waals surface area contributed by atoms with Crippen LogP contribution in [0.15, 0.2) is 59.7 Å². The van der Waals surface area contributed by atoms with Crippen LogP contribution < -0.4 is 9.70 Å². The zero-order valence-corrected chi connectivity index (χ0v) is 15.7. The summed E-state index contributed by atoms with van der Waals surface area (Å²) in [7, 11) is 0. The number of halogens is 3. The van der Waals surface area contributed by atoms with Gasteiger partial charge >= 0.3 is 12.2 Å². The SMILES string of the molecule is Cc1cn(-c2ccc(C(F)(F)F)cc2)c(=NC(=O)N2CCc3ccccc32)s1. The number of para-hydroxylation sites is 1. The van der Waals surface area contributed by atoms with Crippen LogP contribution in [-0.2, 0) is 12.6 Å². The van der Waals surface area contributed by atoms with Crippen molar-refractivity contribution in [1.29, 1.82) is 0 Å². The highest BCUT2D eigenvalue weighted by Gasteiger charge is 2.30. The number of aryl methyl sites for hydroxylation is 1. The third-order valence-corrected chi connectivity index (χ3v) is 5.45. The minimum atomic E-state index is -4.39. The van der Waals surface area contributed by atoms with E-state index in [0.29, 0.717) is 17.0 Å². The quantitative estimate of drug-likeness (QED) is 0.567. The van der Waals surface area contributed by atoms with Gasteiger partial charge in [0.15, 0.2) is 4.80 Å². The summed E-state index contributed by atoms with van der Waals surface area (Å²) >= 11 is 1.31. The molecule has 1 aliphatic heterocycles. The number of urea groups is 1. The van der Waals surface area contributed by atoms with E-state index in [0.717, 1.165) is 34.7 Å². The van der Waals surface area contributed by atoms with Crippen LogP contribution in [0.25, 0.3) is 5.69 Å². The summed E-state index contributed by atoms with van der Waals surface area (Å²) in [5, 5.41) is 0. The van der Waals surface area contributed by atoms with Gasteiger partial charge in [-0.1, -0.05) is 18.2 Å². The fourth-order valence-electron chi connectivity index (χ4n) is 3.21. The molecule has 0 N–H and O–H groups in total. The molecule has 1 aromatic heterocycles. The van der Waals surface area contributed by atoms with Gasteiger partial charge in [0.1, 0.15) is 0 Å². The Hall–Kier alpha value is -2.87. The lowest BCUT2D eigenvalue weighted by molar-refractivity contribution is -0.137. The van der Waals surface area contributed by atoms with Gasteiger partial charge in [0.05, 0.1) is 5.56 Å². The summed E-state index contributed by atoms with van der Waals surface area (Å²) in [5.41, 5.74) is 1.76. The summed E-state index contributed by atoms with van der Waals surface area (Å²) in [4.78, 5) is 20.0. The van der Waals surface area contributed by atoms with Crippen LogP contribution in [0, 0.1) is 6.92 Å². The fourth-order valence-corrected chi connectivity index (χ4v) is 4.03. The molecule has 4 rings (SSSR count). The molecule has 0 atom stereocenters. The van der Waals surface area contributed by atoms with E-state index >= 15 is 0 Å². The number of carbonyl (C=O) groups excluding carboxylic acids is 1. The number of rotatable bonds is 1. The predicted molar refractivity (Wildman–Crippen MR) is 102 cm³/mol. The highest BCUT2D eigenvalue weighted by Crippen LogP contribution is 2.30. The topological polar surface area (TPSA) is 37.6 Å². The number of hydrogen-bond acceptors (Lipinski definition) is 2. The third kappa shape index (κ3) is 3.47. The Morgan fingerprint density at radius 1 is 1.11 bits per heavy atom. The number of thiazole rings is 1. The molecule has 3 aromatic rings. The molecule has 0 saturated carbocycles. The zero-order valence-electron chi connectivity index (χ0n) is 14.9. The molecule has 2 heterocycles. The molecule has 0 radical (unpaired) electrons. The lowest BCUT2D eigenvalue weighted by Gasteiger charge is -2.13. The van der Waals surface area contributed by atoms with E-state index in [9.17, 15) is 18.0 Å². The normalized spacial score (nSPS) is 14.4. The van der Waals surface area contributed by atoms with Crippen LogP contribution in [0.4, 0.5) is 23.7 Å². The Labute approximate surface area is 163 Å². The van der Waals surface area contributed by atoms with Crippen LogP contribution in [-0.4, -0.2) is 17.1 Å². The second-order valence-corrected chi connectivity index (χ2v) is 7.68. The molecule has 0 spiro atoms. The maximum atomic E-state index is 12.8. The minimum absolute atomic E-state index is 0.382. The molecule has 1 aliphatic rings. The highest BCUT2D eigenvalue weighted by molar-refractivity contribution is 7.09. The second-order valence-electron chi connectivity index (χ2n) is 6.46. The Kier molecular flexibility index (Phi) is 4.58. The van der Waals surface area contributed by atoms with Crippen molar-refractivity contribution in [2.75, 3.05) is 11.4 Å². The van der Waals surface area contributed by atoms with Gasteiger partial charge in [0.2, 0.25) is 0 Å². The number of fused-ring (bicyclic) bond motifs is 1. The molecule has 144 valence electrons. The van der Waals surface area contributed by atoms with Crippen molar-refractivity contribution in [3.63, 3.8) is 0 Å². The molecule has 28 heavy (non-hydrogen) atoms. The molecule has 4 nitrogen and oxygen atoms in total. The van der Waals surface area contributed by atoms with Crippen molar-refractivity contribution in [3.8, 4) is 5.69 Å². The van der Waals surface area contributed by atoms with Gasteiger partial charge in [-0.25, -0.2) is 4.79 Å². The van der Waals surface area contributed by atoms with Gasteiger partial charge in [-0.15, -0.1) is 11.3 Å². The molecule has 8 heteroatoms. The monoisotopic (exact) mass is 403 g/mol. The standard InChI is InChI=1S/C20H16F3N3OS/c1-13-12-26(16-8-6-15(7-9-16)20(21,22)23)19(28-13)24-18(27)25-11-10-14-4-2-3-5-17(14)25/h2-9,12H,10-11H2,1H3. The Morgan fingerprint density at radius 3 is 2.54 bits per heavy atom. The average Bonchev–Trinajstić information content (AvgIpc) is 3.24. The third-order valence-electron chi connectivity index (χ3n) is 4.55. The number of nitrogens with zero attached hydrogens (tertiary/aromatic N) is 3. The lowest BCUT2D eigenvalue weighted by Crippen LogP contribution is -2.28. The van der Waals surface area contributed by atoms with Crippen LogP contribution >= 0.6 is 11.3 Å². The van der Waals surface area contributed by atoms with E-state index in [1.165, 1.54) is 23.5 Å². The molecule has 2 aromatic carbocycles. The minimum Gasteiger partial charge on any atom is -0.292 e. The van der Waals surface area contributed by atoms with E-state index < -0.39 is 11.7 Å².